The summed E-state index contributed by atoms with van der Waals surface area (Å²) >= 11 is 0. The first kappa shape index (κ1) is 54.3. The second-order valence-corrected chi connectivity index (χ2v) is 20.0. The van der Waals surface area contributed by atoms with Crippen LogP contribution >= 0.6 is 0 Å². The number of cyclic esters (lactones) is 1. The highest BCUT2D eigenvalue weighted by atomic mass is 16.6. The van der Waals surface area contributed by atoms with Crippen LogP contribution in [0.4, 0.5) is 0 Å². The van der Waals surface area contributed by atoms with Gasteiger partial charge in [-0.15, -0.1) is 0 Å². The average Bonchev–Trinajstić information content (AvgIpc) is 3.28. The topological polar surface area (TPSA) is 175 Å². The normalized spacial score (nSPS) is 40.4. The van der Waals surface area contributed by atoms with Gasteiger partial charge in [-0.1, -0.05) is 78.0 Å². The summed E-state index contributed by atoms with van der Waals surface area (Å²) in [5, 5.41) is 23.4. The molecule has 2 saturated heterocycles. The summed E-state index contributed by atoms with van der Waals surface area (Å²) in [5.41, 5.74) is 1.30. The van der Waals surface area contributed by atoms with E-state index in [0.717, 1.165) is 24.8 Å². The number of rotatable bonds is 6. The number of hydrogen-bond acceptors (Lipinski definition) is 12. The molecule has 3 fully saturated rings. The van der Waals surface area contributed by atoms with Gasteiger partial charge in [-0.25, -0.2) is 4.79 Å². The van der Waals surface area contributed by atoms with Crippen molar-refractivity contribution in [1.29, 1.82) is 0 Å². The Labute approximate surface area is 388 Å². The van der Waals surface area contributed by atoms with E-state index in [1.54, 1.807) is 41.1 Å². The summed E-state index contributed by atoms with van der Waals surface area (Å²) < 4.78 is 29.7. The van der Waals surface area contributed by atoms with Crippen molar-refractivity contribution in [2.45, 2.75) is 181 Å². The second-order valence-electron chi connectivity index (χ2n) is 20.0. The predicted molar refractivity (Wildman–Crippen MR) is 248 cm³/mol. The maximum absolute atomic E-state index is 14.4. The molecule has 13 nitrogen and oxygen atoms in total. The molecule has 1 amide bonds. The van der Waals surface area contributed by atoms with E-state index in [9.17, 15) is 34.2 Å². The number of fused-ring (bicyclic) bond motifs is 3. The fraction of sp³-hybridized carbons (Fsp3) is 0.750. The molecule has 0 radical (unpaired) electrons. The monoisotopic (exact) mass is 912 g/mol. The molecule has 0 spiro atoms. The van der Waals surface area contributed by atoms with E-state index in [-0.39, 0.29) is 54.8 Å². The molecule has 2 bridgehead atoms. The number of ketones is 3. The Balaban J connectivity index is 1.70. The lowest BCUT2D eigenvalue weighted by Gasteiger charge is -2.42. The van der Waals surface area contributed by atoms with Crippen molar-refractivity contribution in [1.82, 2.24) is 4.90 Å². The van der Waals surface area contributed by atoms with Gasteiger partial charge in [-0.3, -0.25) is 19.2 Å². The molecule has 0 aromatic carbocycles. The molecule has 0 aromatic heterocycles. The molecule has 1 aliphatic carbocycles. The smallest absolute Gasteiger partial charge is 0.329 e. The molecule has 2 N–H and O–H groups in total. The molecule has 4 aliphatic rings. The fourth-order valence-corrected chi connectivity index (χ4v) is 10.4. The van der Waals surface area contributed by atoms with Crippen molar-refractivity contribution in [2.24, 2.45) is 41.4 Å². The van der Waals surface area contributed by atoms with E-state index >= 15 is 0 Å². The summed E-state index contributed by atoms with van der Waals surface area (Å²) in [5.74, 6) is -7.07. The van der Waals surface area contributed by atoms with Crippen LogP contribution < -0.4 is 0 Å². The lowest BCUT2D eigenvalue weighted by atomic mass is 9.76. The fourth-order valence-electron chi connectivity index (χ4n) is 10.4. The molecule has 1 saturated carbocycles. The Bertz CT molecular complexity index is 1750. The van der Waals surface area contributed by atoms with Gasteiger partial charge >= 0.3 is 5.97 Å². The van der Waals surface area contributed by atoms with Crippen LogP contribution in [0, 0.1) is 41.4 Å². The molecule has 4 rings (SSSR count). The Hall–Kier alpha value is -3.33. The Kier molecular flexibility index (Phi) is 21.0. The molecular weight excluding hydrogens is 831 g/mol. The number of piperidine rings is 1. The number of amides is 1. The number of nitrogens with zero attached hydrogens (tertiary/aromatic N) is 1. The van der Waals surface area contributed by atoms with Crippen molar-refractivity contribution >= 4 is 29.2 Å². The number of ether oxygens (including phenoxy) is 5. The van der Waals surface area contributed by atoms with E-state index in [1.807, 2.05) is 58.1 Å². The Morgan fingerprint density at radius 2 is 1.57 bits per heavy atom. The quantitative estimate of drug-likeness (QED) is 0.153. The van der Waals surface area contributed by atoms with E-state index in [2.05, 4.69) is 6.92 Å². The van der Waals surface area contributed by atoms with Gasteiger partial charge in [0.05, 0.1) is 18.3 Å². The number of aliphatic hydroxyl groups excluding tert-OH is 1. The number of carbonyl (C=O) groups is 5. The van der Waals surface area contributed by atoms with Crippen LogP contribution in [0.5, 0.6) is 0 Å². The summed E-state index contributed by atoms with van der Waals surface area (Å²) in [6.45, 7) is 15.1. The second kappa shape index (κ2) is 25.2. The summed E-state index contributed by atoms with van der Waals surface area (Å²) in [6, 6.07) is -1.11. The maximum atomic E-state index is 14.4. The minimum atomic E-state index is -2.41. The van der Waals surface area contributed by atoms with Crippen LogP contribution in [0.2, 0.25) is 0 Å². The number of hydrogen-bond donors (Lipinski definition) is 2. The minimum Gasteiger partial charge on any atom is -0.460 e. The zero-order valence-corrected chi connectivity index (χ0v) is 41.2. The molecule has 65 heavy (non-hydrogen) atoms. The van der Waals surface area contributed by atoms with Crippen LogP contribution in [0.25, 0.3) is 0 Å². The third kappa shape index (κ3) is 14.3. The Morgan fingerprint density at radius 3 is 2.25 bits per heavy atom. The number of esters is 1. The molecule has 15 atom stereocenters. The summed E-state index contributed by atoms with van der Waals surface area (Å²) in [6.07, 6.45) is 13.6. The lowest BCUT2D eigenvalue weighted by molar-refractivity contribution is -0.265. The van der Waals surface area contributed by atoms with Gasteiger partial charge in [-0.2, -0.15) is 0 Å². The number of carbonyl (C=O) groups excluding carboxylic acids is 5. The highest BCUT2D eigenvalue weighted by molar-refractivity contribution is 6.39. The molecule has 1 unspecified atom stereocenters. The van der Waals surface area contributed by atoms with E-state index in [1.165, 1.54) is 12.0 Å². The van der Waals surface area contributed by atoms with Crippen molar-refractivity contribution in [3.63, 3.8) is 0 Å². The standard InChI is InChI=1S/C52H81NO12/c1-31-17-13-12-14-18-32(2)44(62-10)29-40-23-21-38(8)52(60,65-40)49(57)50(58)53-24-16-15-19-41(53)51(59)64-45(35(5)27-39-22-20-33(3)43(28-39)61-9)30-42(54)34(4)26-37(7)47(56)48(63-11)46(55)36(6)25-31/h12-14,17-18,26,31,33-36,38-41,43-45,47-48,56,60H,15-16,19-25,27-30H2,1-11H3/b14-12+,17-13+,32-18+,37-26+/t31-,33?,34-,35-,36+,38-,39+,40+,41+,43-,44+,45+,47-,48+,52-/m1/s1. The number of aliphatic hydroxyl groups is 2. The highest BCUT2D eigenvalue weighted by Gasteiger charge is 2.53. The number of allylic oxidation sites excluding steroid dienone is 6. The number of methoxy groups -OCH3 is 3. The van der Waals surface area contributed by atoms with Crippen LogP contribution in [0.15, 0.2) is 47.6 Å². The molecule has 3 heterocycles. The lowest BCUT2D eigenvalue weighted by Crippen LogP contribution is -2.61. The van der Waals surface area contributed by atoms with Crippen molar-refractivity contribution in [3.05, 3.63) is 47.6 Å². The van der Waals surface area contributed by atoms with Crippen molar-refractivity contribution in [2.75, 3.05) is 27.9 Å². The van der Waals surface area contributed by atoms with E-state index < -0.39 is 77.8 Å². The predicted octanol–water partition coefficient (Wildman–Crippen LogP) is 7.46. The molecule has 366 valence electrons. The molecule has 13 heteroatoms. The minimum absolute atomic E-state index is 0.0304. The van der Waals surface area contributed by atoms with Gasteiger partial charge < -0.3 is 38.8 Å². The average molecular weight is 912 g/mol. The van der Waals surface area contributed by atoms with Gasteiger partial charge in [0, 0.05) is 58.5 Å². The molecular formula is C52H81NO12. The number of Topliss-reactive ketones (excluding diaryl/α,β-unsaturated/α-hetero) is 3. The third-order valence-corrected chi connectivity index (χ3v) is 14.8. The largest absolute Gasteiger partial charge is 0.460 e. The maximum Gasteiger partial charge on any atom is 0.329 e. The zero-order chi connectivity index (χ0) is 48.2. The first-order chi connectivity index (χ1) is 30.7. The molecule has 3 aliphatic heterocycles. The first-order valence-electron chi connectivity index (χ1n) is 24.2. The van der Waals surface area contributed by atoms with Crippen LogP contribution in [-0.4, -0.2) is 121 Å². The van der Waals surface area contributed by atoms with Gasteiger partial charge in [0.15, 0.2) is 5.78 Å². The molecule has 0 aromatic rings. The SMILES string of the molecule is CO[C@H]1C[C@@H]2CC[C@@H](C)[C@@](O)(O2)C(=O)C(=O)N2CCCC[C@H]2C(=O)O[C@H]([C@H](C)C[C@@H]2CCC(C)[C@H](OC)C2)CC(=O)[C@H](C)/C=C(\C)[C@@H](O)[C@@H](OC)C(=O)[C@@H](C)C[C@H](C)/C=C/C=C/C=C/1C. The Morgan fingerprint density at radius 1 is 0.846 bits per heavy atom. The highest BCUT2D eigenvalue weighted by Crippen LogP contribution is 2.38. The third-order valence-electron chi connectivity index (χ3n) is 14.8. The van der Waals surface area contributed by atoms with Crippen molar-refractivity contribution < 1.29 is 57.9 Å². The summed E-state index contributed by atoms with van der Waals surface area (Å²) in [7, 11) is 4.70. The first-order valence-corrected chi connectivity index (χ1v) is 24.2. The summed E-state index contributed by atoms with van der Waals surface area (Å²) in [4.78, 5) is 71.9. The van der Waals surface area contributed by atoms with Gasteiger partial charge in [0.1, 0.15) is 30.1 Å². The van der Waals surface area contributed by atoms with Crippen LogP contribution in [0.3, 0.4) is 0 Å². The van der Waals surface area contributed by atoms with Crippen LogP contribution in [-0.2, 0) is 47.7 Å². The van der Waals surface area contributed by atoms with Gasteiger partial charge in [0.25, 0.3) is 11.7 Å². The van der Waals surface area contributed by atoms with Crippen molar-refractivity contribution in [3.8, 4) is 0 Å². The van der Waals surface area contributed by atoms with Crippen LogP contribution in [0.1, 0.15) is 132 Å². The van der Waals surface area contributed by atoms with Gasteiger partial charge in [-0.05, 0) is 113 Å². The zero-order valence-electron chi connectivity index (χ0n) is 41.2. The van der Waals surface area contributed by atoms with Gasteiger partial charge in [0.2, 0.25) is 5.79 Å². The van der Waals surface area contributed by atoms with E-state index in [4.69, 9.17) is 23.7 Å². The van der Waals surface area contributed by atoms with E-state index in [0.29, 0.717) is 56.4 Å².